The molecule has 0 spiro atoms. The fraction of sp³-hybridized carbons (Fsp3) is 0.529. The van der Waals surface area contributed by atoms with Crippen molar-refractivity contribution in [2.24, 2.45) is 0 Å². The van der Waals surface area contributed by atoms with E-state index in [-0.39, 0.29) is 40.2 Å². The van der Waals surface area contributed by atoms with Crippen LogP contribution in [-0.2, 0) is 9.53 Å². The summed E-state index contributed by atoms with van der Waals surface area (Å²) < 4.78 is 10.2. The lowest BCUT2D eigenvalue weighted by Crippen LogP contribution is -2.49. The van der Waals surface area contributed by atoms with E-state index < -0.39 is 5.97 Å². The zero-order chi connectivity index (χ0) is 17.9. The smallest absolute Gasteiger partial charge is 0.338 e. The van der Waals surface area contributed by atoms with Crippen molar-refractivity contribution in [1.82, 2.24) is 4.90 Å². The highest BCUT2D eigenvalue weighted by molar-refractivity contribution is 6.37. The summed E-state index contributed by atoms with van der Waals surface area (Å²) >= 11 is 12.0. The van der Waals surface area contributed by atoms with Crippen molar-refractivity contribution in [3.05, 3.63) is 27.7 Å². The summed E-state index contributed by atoms with van der Waals surface area (Å²) in [6.07, 6.45) is 3.04. The first-order valence-electron chi connectivity index (χ1n) is 7.86. The van der Waals surface area contributed by atoms with E-state index in [2.05, 4.69) is 0 Å². The maximum Gasteiger partial charge on any atom is 0.338 e. The third-order valence-electron chi connectivity index (χ3n) is 4.25. The minimum Gasteiger partial charge on any atom is -0.494 e. The van der Waals surface area contributed by atoms with Crippen LogP contribution in [0.25, 0.3) is 0 Å². The lowest BCUT2D eigenvalue weighted by molar-refractivity contribution is -0.140. The standard InChI is InChI=1S/C17H21Cl2NO4/c1-10-5-4-6-11(2)20(10)15(21)9-24-17(22)12-7-13(18)16(23-3)14(19)8-12/h7-8,10-11H,4-6,9H2,1-3H3/t10-,11-/m1/s1. The molecule has 1 amide bonds. The Kier molecular flexibility index (Phi) is 6.35. The van der Waals surface area contributed by atoms with Gasteiger partial charge in [0.25, 0.3) is 5.91 Å². The van der Waals surface area contributed by atoms with Gasteiger partial charge in [0.05, 0.1) is 22.7 Å². The van der Waals surface area contributed by atoms with E-state index in [4.69, 9.17) is 32.7 Å². The van der Waals surface area contributed by atoms with Crippen LogP contribution >= 0.6 is 23.2 Å². The number of nitrogens with zero attached hydrogens (tertiary/aromatic N) is 1. The third kappa shape index (κ3) is 4.14. The van der Waals surface area contributed by atoms with E-state index in [0.29, 0.717) is 5.75 Å². The molecule has 0 bridgehead atoms. The van der Waals surface area contributed by atoms with Gasteiger partial charge in [-0.25, -0.2) is 4.79 Å². The lowest BCUT2D eigenvalue weighted by Gasteiger charge is -2.38. The quantitative estimate of drug-likeness (QED) is 0.749. The Bertz CT molecular complexity index is 602. The number of amides is 1. The van der Waals surface area contributed by atoms with Crippen LogP contribution in [0, 0.1) is 0 Å². The van der Waals surface area contributed by atoms with Crippen molar-refractivity contribution in [2.45, 2.75) is 45.2 Å². The number of benzene rings is 1. The molecule has 1 heterocycles. The summed E-state index contributed by atoms with van der Waals surface area (Å²) in [5.41, 5.74) is 0.179. The number of likely N-dealkylation sites (tertiary alicyclic amines) is 1. The highest BCUT2D eigenvalue weighted by atomic mass is 35.5. The fourth-order valence-electron chi connectivity index (χ4n) is 3.07. The second kappa shape index (κ2) is 8.08. The Morgan fingerprint density at radius 2 is 1.71 bits per heavy atom. The molecule has 24 heavy (non-hydrogen) atoms. The second-order valence-corrected chi connectivity index (χ2v) is 6.79. The molecule has 2 rings (SSSR count). The zero-order valence-electron chi connectivity index (χ0n) is 14.0. The maximum absolute atomic E-state index is 12.4. The van der Waals surface area contributed by atoms with Gasteiger partial charge in [-0.1, -0.05) is 23.2 Å². The second-order valence-electron chi connectivity index (χ2n) is 5.98. The number of methoxy groups -OCH3 is 1. The first-order chi connectivity index (χ1) is 11.3. The summed E-state index contributed by atoms with van der Waals surface area (Å²) in [5, 5.41) is 0.420. The van der Waals surface area contributed by atoms with E-state index in [9.17, 15) is 9.59 Å². The van der Waals surface area contributed by atoms with Gasteiger partial charge in [-0.15, -0.1) is 0 Å². The summed E-state index contributed by atoms with van der Waals surface area (Å²) in [7, 11) is 1.44. The topological polar surface area (TPSA) is 55.8 Å². The highest BCUT2D eigenvalue weighted by Crippen LogP contribution is 2.34. The number of hydrogen-bond acceptors (Lipinski definition) is 4. The Balaban J connectivity index is 2.01. The molecule has 7 heteroatoms. The normalized spacial score (nSPS) is 20.6. The van der Waals surface area contributed by atoms with Crippen molar-refractivity contribution < 1.29 is 19.1 Å². The number of esters is 1. The van der Waals surface area contributed by atoms with Crippen LogP contribution in [0.15, 0.2) is 12.1 Å². The van der Waals surface area contributed by atoms with Gasteiger partial charge in [-0.05, 0) is 45.2 Å². The van der Waals surface area contributed by atoms with Crippen LogP contribution < -0.4 is 4.74 Å². The summed E-state index contributed by atoms with van der Waals surface area (Å²) in [5.74, 6) is -0.539. The lowest BCUT2D eigenvalue weighted by atomic mass is 9.97. The molecule has 1 fully saturated rings. The van der Waals surface area contributed by atoms with Crippen LogP contribution in [0.5, 0.6) is 5.75 Å². The minimum absolute atomic E-state index is 0.157. The van der Waals surface area contributed by atoms with E-state index in [1.54, 1.807) is 4.90 Å². The van der Waals surface area contributed by atoms with Crippen molar-refractivity contribution in [1.29, 1.82) is 0 Å². The van der Waals surface area contributed by atoms with Gasteiger partial charge in [0.1, 0.15) is 0 Å². The maximum atomic E-state index is 12.4. The first-order valence-corrected chi connectivity index (χ1v) is 8.62. The Hall–Kier alpha value is -1.46. The predicted molar refractivity (Wildman–Crippen MR) is 92.9 cm³/mol. The van der Waals surface area contributed by atoms with E-state index >= 15 is 0 Å². The van der Waals surface area contributed by atoms with E-state index in [1.807, 2.05) is 13.8 Å². The first kappa shape index (κ1) is 18.9. The summed E-state index contributed by atoms with van der Waals surface area (Å²) in [4.78, 5) is 26.3. The molecule has 0 N–H and O–H groups in total. The van der Waals surface area contributed by atoms with Crippen molar-refractivity contribution in [3.63, 3.8) is 0 Å². The molecule has 1 aliphatic rings. The number of carbonyl (C=O) groups is 2. The van der Waals surface area contributed by atoms with Crippen LogP contribution in [0.3, 0.4) is 0 Å². The average molecular weight is 374 g/mol. The molecule has 0 saturated carbocycles. The van der Waals surface area contributed by atoms with Crippen molar-refractivity contribution in [2.75, 3.05) is 13.7 Å². The Morgan fingerprint density at radius 3 is 2.21 bits per heavy atom. The van der Waals surface area contributed by atoms with Crippen LogP contribution in [0.4, 0.5) is 0 Å². The largest absolute Gasteiger partial charge is 0.494 e. The minimum atomic E-state index is -0.646. The number of ether oxygens (including phenoxy) is 2. The third-order valence-corrected chi connectivity index (χ3v) is 4.81. The number of rotatable bonds is 4. The molecule has 0 unspecified atom stereocenters. The molecule has 0 aliphatic carbocycles. The van der Waals surface area contributed by atoms with Gasteiger partial charge in [-0.3, -0.25) is 4.79 Å². The molecule has 1 saturated heterocycles. The SMILES string of the molecule is COc1c(Cl)cc(C(=O)OCC(=O)N2[C@H](C)CCC[C@H]2C)cc1Cl. The number of halogens is 2. The zero-order valence-corrected chi connectivity index (χ0v) is 15.5. The molecule has 5 nitrogen and oxygen atoms in total. The Morgan fingerprint density at radius 1 is 1.17 bits per heavy atom. The van der Waals surface area contributed by atoms with Gasteiger partial charge in [0.2, 0.25) is 0 Å². The fourth-order valence-corrected chi connectivity index (χ4v) is 3.71. The van der Waals surface area contributed by atoms with Gasteiger partial charge in [0.15, 0.2) is 12.4 Å². The van der Waals surface area contributed by atoms with E-state index in [0.717, 1.165) is 19.3 Å². The summed E-state index contributed by atoms with van der Waals surface area (Å²) in [6, 6.07) is 3.13. The van der Waals surface area contributed by atoms with E-state index in [1.165, 1.54) is 19.2 Å². The summed E-state index contributed by atoms with van der Waals surface area (Å²) in [6.45, 7) is 3.73. The number of piperidine rings is 1. The van der Waals surface area contributed by atoms with Gasteiger partial charge in [-0.2, -0.15) is 0 Å². The van der Waals surface area contributed by atoms with Crippen LogP contribution in [0.2, 0.25) is 10.0 Å². The van der Waals surface area contributed by atoms with Crippen LogP contribution in [-0.4, -0.2) is 42.6 Å². The van der Waals surface area contributed by atoms with Gasteiger partial charge < -0.3 is 14.4 Å². The van der Waals surface area contributed by atoms with Crippen molar-refractivity contribution in [3.8, 4) is 5.75 Å². The van der Waals surface area contributed by atoms with Crippen LogP contribution in [0.1, 0.15) is 43.5 Å². The molecular formula is C17H21Cl2NO4. The monoisotopic (exact) mass is 373 g/mol. The molecule has 1 aromatic carbocycles. The molecule has 1 aromatic rings. The molecule has 1 aliphatic heterocycles. The highest BCUT2D eigenvalue weighted by Gasteiger charge is 2.29. The molecule has 0 aromatic heterocycles. The van der Waals surface area contributed by atoms with Gasteiger partial charge in [0, 0.05) is 12.1 Å². The number of carbonyl (C=O) groups excluding carboxylic acids is 2. The predicted octanol–water partition coefficient (Wildman–Crippen LogP) is 3.95. The van der Waals surface area contributed by atoms with Crippen molar-refractivity contribution >= 4 is 35.1 Å². The van der Waals surface area contributed by atoms with Gasteiger partial charge >= 0.3 is 5.97 Å². The Labute approximate surface area is 151 Å². The molecule has 2 atom stereocenters. The molecular weight excluding hydrogens is 353 g/mol. The number of hydrogen-bond donors (Lipinski definition) is 0. The molecule has 0 radical (unpaired) electrons. The molecule has 132 valence electrons. The average Bonchev–Trinajstić information content (AvgIpc) is 2.52.